The average Bonchev–Trinajstić information content (AvgIpc) is 1.67. The van der Waals surface area contributed by atoms with E-state index in [0.717, 1.165) is 0 Å². The molecule has 1 N–H and O–H groups in total. The summed E-state index contributed by atoms with van der Waals surface area (Å²) in [6.45, 7) is 3.39. The van der Waals surface area contributed by atoms with Crippen LogP contribution in [0.2, 0.25) is 0 Å². The molecule has 0 amide bonds. The molecule has 0 radical (unpaired) electrons. The van der Waals surface area contributed by atoms with Crippen molar-refractivity contribution in [3.05, 3.63) is 0 Å². The van der Waals surface area contributed by atoms with Crippen LogP contribution in [-0.4, -0.2) is 25.5 Å². The fourth-order valence-corrected chi connectivity index (χ4v) is 0.447. The zero-order valence-electron chi connectivity index (χ0n) is 6.12. The van der Waals surface area contributed by atoms with Crippen LogP contribution in [0.25, 0.3) is 0 Å². The number of rotatable bonds is 2. The molecular weight excluding hydrogens is 342 g/mol. The number of halogens is 2. The summed E-state index contributed by atoms with van der Waals surface area (Å²) < 4.78 is 2.69. The maximum atomic E-state index is 2.69. The van der Waals surface area contributed by atoms with Crippen molar-refractivity contribution in [1.29, 1.82) is 0 Å². The topological polar surface area (TPSA) is 15.3 Å². The highest BCUT2D eigenvalue weighted by Gasteiger charge is 1.79. The molecule has 0 bridgehead atoms. The van der Waals surface area contributed by atoms with Gasteiger partial charge in [0.25, 0.3) is 0 Å². The van der Waals surface area contributed by atoms with Gasteiger partial charge < -0.3 is 4.90 Å². The van der Waals surface area contributed by atoms with Crippen molar-refractivity contribution in [1.82, 2.24) is 6.64 Å². The molecule has 0 rings (SSSR count). The van der Waals surface area contributed by atoms with Gasteiger partial charge in [0.15, 0.2) is 0 Å². The molecule has 0 fully saturated rings. The molecule has 2 nitrogen and oxygen atoms in total. The molecule has 9 heavy (non-hydrogen) atoms. The Morgan fingerprint density at radius 2 is 1.67 bits per heavy atom. The molecule has 0 aliphatic heterocycles. The maximum Gasteiger partial charge on any atom is 0.0276 e. The van der Waals surface area contributed by atoms with Crippen LogP contribution in [0.15, 0.2) is 0 Å². The molecular formula is C5H14I2N2. The highest BCUT2D eigenvalue weighted by atomic mass is 127. The van der Waals surface area contributed by atoms with E-state index in [4.69, 9.17) is 0 Å². The Kier molecular flexibility index (Phi) is 17.5. The molecule has 0 heterocycles. The SMILES string of the molecule is CCCN(C)C.INI. The maximum absolute atomic E-state index is 2.69. The van der Waals surface area contributed by atoms with Crippen LogP contribution in [0.4, 0.5) is 0 Å². The molecule has 0 aliphatic rings. The quantitative estimate of drug-likeness (QED) is 0.603. The Balaban J connectivity index is 0. The highest BCUT2D eigenvalue weighted by molar-refractivity contribution is 14.2. The smallest absolute Gasteiger partial charge is 0.0276 e. The fraction of sp³-hybridized carbons (Fsp3) is 1.00. The van der Waals surface area contributed by atoms with Crippen LogP contribution in [0.5, 0.6) is 0 Å². The van der Waals surface area contributed by atoms with Crippen LogP contribution in [0, 0.1) is 0 Å². The zero-order valence-corrected chi connectivity index (χ0v) is 10.4. The van der Waals surface area contributed by atoms with Gasteiger partial charge in [-0.15, -0.1) is 0 Å². The molecule has 0 saturated heterocycles. The van der Waals surface area contributed by atoms with E-state index >= 15 is 0 Å². The first-order valence-corrected chi connectivity index (χ1v) is 4.95. The minimum Gasteiger partial charge on any atom is -0.309 e. The molecule has 0 aromatic rings. The van der Waals surface area contributed by atoms with Gasteiger partial charge in [-0.25, -0.2) is 1.74 Å². The van der Waals surface area contributed by atoms with Gasteiger partial charge in [-0.1, -0.05) is 6.92 Å². The Morgan fingerprint density at radius 3 is 1.67 bits per heavy atom. The summed E-state index contributed by atoms with van der Waals surface area (Å²) in [5.41, 5.74) is 0. The van der Waals surface area contributed by atoms with E-state index in [2.05, 4.69) is 27.7 Å². The van der Waals surface area contributed by atoms with Crippen LogP contribution in [-0.2, 0) is 0 Å². The summed E-state index contributed by atoms with van der Waals surface area (Å²) in [5, 5.41) is 0. The van der Waals surface area contributed by atoms with Gasteiger partial charge >= 0.3 is 0 Å². The van der Waals surface area contributed by atoms with Crippen LogP contribution in [0.1, 0.15) is 13.3 Å². The number of nitrogens with one attached hydrogen (secondary N) is 1. The first kappa shape index (κ1) is 13.0. The van der Waals surface area contributed by atoms with Crippen LogP contribution in [0.3, 0.4) is 0 Å². The zero-order chi connectivity index (χ0) is 7.70. The lowest BCUT2D eigenvalue weighted by Crippen LogP contribution is -2.11. The Hall–Kier alpha value is 1.38. The standard InChI is InChI=1S/C5H13N.HI2N/c1-4-5-6(2)3;1-3-2/h4-5H2,1-3H3;3H. The van der Waals surface area contributed by atoms with E-state index in [1.807, 2.05) is 45.7 Å². The van der Waals surface area contributed by atoms with Crippen molar-refractivity contribution >= 4 is 45.7 Å². The average molecular weight is 356 g/mol. The molecule has 58 valence electrons. The Morgan fingerprint density at radius 1 is 1.33 bits per heavy atom. The van der Waals surface area contributed by atoms with Crippen molar-refractivity contribution in [2.45, 2.75) is 13.3 Å². The molecule has 0 aromatic carbocycles. The van der Waals surface area contributed by atoms with Crippen molar-refractivity contribution in [2.24, 2.45) is 0 Å². The molecule has 0 spiro atoms. The van der Waals surface area contributed by atoms with Gasteiger partial charge in [-0.2, -0.15) is 0 Å². The first-order chi connectivity index (χ1) is 4.18. The third-order valence-electron chi connectivity index (χ3n) is 0.671. The predicted octanol–water partition coefficient (Wildman–Crippen LogP) is 2.23. The van der Waals surface area contributed by atoms with Gasteiger partial charge in [-0.05, 0) is 27.1 Å². The molecule has 0 unspecified atom stereocenters. The Bertz CT molecular complexity index is 41.9. The lowest BCUT2D eigenvalue weighted by atomic mass is 10.5. The molecule has 0 atom stereocenters. The van der Waals surface area contributed by atoms with Crippen molar-refractivity contribution in [2.75, 3.05) is 20.6 Å². The van der Waals surface area contributed by atoms with Gasteiger partial charge in [0, 0.05) is 45.7 Å². The second kappa shape index (κ2) is 12.1. The number of nitrogens with zero attached hydrogens (tertiary/aromatic N) is 1. The largest absolute Gasteiger partial charge is 0.309 e. The summed E-state index contributed by atoms with van der Waals surface area (Å²) in [6.07, 6.45) is 1.26. The van der Waals surface area contributed by atoms with E-state index in [1.54, 1.807) is 0 Å². The predicted molar refractivity (Wildman–Crippen MR) is 60.0 cm³/mol. The van der Waals surface area contributed by atoms with E-state index in [0.29, 0.717) is 0 Å². The summed E-state index contributed by atoms with van der Waals surface area (Å²) >= 11 is 4.05. The van der Waals surface area contributed by atoms with Crippen LogP contribution >= 0.6 is 45.7 Å². The van der Waals surface area contributed by atoms with Gasteiger partial charge in [-0.3, -0.25) is 0 Å². The molecule has 0 aromatic heterocycles. The van der Waals surface area contributed by atoms with Gasteiger partial charge in [0.1, 0.15) is 0 Å². The van der Waals surface area contributed by atoms with Gasteiger partial charge in [0.05, 0.1) is 0 Å². The molecule has 0 saturated carbocycles. The van der Waals surface area contributed by atoms with E-state index in [9.17, 15) is 0 Å². The monoisotopic (exact) mass is 356 g/mol. The van der Waals surface area contributed by atoms with Crippen molar-refractivity contribution in [3.8, 4) is 0 Å². The normalized spacial score (nSPS) is 8.67. The third-order valence-corrected chi connectivity index (χ3v) is 0.671. The third kappa shape index (κ3) is 26.6. The lowest BCUT2D eigenvalue weighted by molar-refractivity contribution is 0.408. The van der Waals surface area contributed by atoms with Crippen molar-refractivity contribution < 1.29 is 0 Å². The Labute approximate surface area is 85.8 Å². The molecule has 4 heteroatoms. The van der Waals surface area contributed by atoms with E-state index in [-0.39, 0.29) is 0 Å². The van der Waals surface area contributed by atoms with Gasteiger partial charge in [0.2, 0.25) is 0 Å². The summed E-state index contributed by atoms with van der Waals surface area (Å²) in [5.74, 6) is 0. The highest BCUT2D eigenvalue weighted by Crippen LogP contribution is 1.76. The summed E-state index contributed by atoms with van der Waals surface area (Å²) in [7, 11) is 4.17. The first-order valence-electron chi connectivity index (χ1n) is 2.80. The fourth-order valence-electron chi connectivity index (χ4n) is 0.447. The van der Waals surface area contributed by atoms with E-state index in [1.165, 1.54) is 13.0 Å². The summed E-state index contributed by atoms with van der Waals surface area (Å²) in [4.78, 5) is 2.18. The minimum absolute atomic E-state index is 1.21. The number of hydrogen-bond donors (Lipinski definition) is 1. The second-order valence-electron chi connectivity index (χ2n) is 1.87. The lowest BCUT2D eigenvalue weighted by Gasteiger charge is -2.03. The second-order valence-corrected chi connectivity index (χ2v) is 5.02. The summed E-state index contributed by atoms with van der Waals surface area (Å²) in [6, 6.07) is 0. The van der Waals surface area contributed by atoms with Crippen LogP contribution < -0.4 is 1.74 Å². The van der Waals surface area contributed by atoms with E-state index < -0.39 is 0 Å². The minimum atomic E-state index is 1.21. The molecule has 0 aliphatic carbocycles. The van der Waals surface area contributed by atoms with Crippen molar-refractivity contribution in [3.63, 3.8) is 0 Å². The number of hydrogen-bond acceptors (Lipinski definition) is 2.